The second kappa shape index (κ2) is 9.61. The third-order valence-corrected chi connectivity index (χ3v) is 3.40. The van der Waals surface area contributed by atoms with Gasteiger partial charge in [0.05, 0.1) is 12.5 Å². The lowest BCUT2D eigenvalue weighted by Crippen LogP contribution is -2.39. The summed E-state index contributed by atoms with van der Waals surface area (Å²) < 4.78 is 0. The molecule has 2 amide bonds. The largest absolute Gasteiger partial charge is 0.481 e. The van der Waals surface area contributed by atoms with Crippen molar-refractivity contribution in [1.82, 2.24) is 10.6 Å². The van der Waals surface area contributed by atoms with E-state index < -0.39 is 17.8 Å². The number of carbonyl (C=O) groups is 3. The van der Waals surface area contributed by atoms with Crippen LogP contribution < -0.4 is 10.6 Å². The third kappa shape index (κ3) is 7.44. The Kier molecular flexibility index (Phi) is 7.80. The quantitative estimate of drug-likeness (QED) is 0.643. The number of benzene rings is 1. The van der Waals surface area contributed by atoms with E-state index in [1.807, 2.05) is 13.8 Å². The molecule has 0 aliphatic rings. The van der Waals surface area contributed by atoms with Crippen LogP contribution in [0.15, 0.2) is 30.3 Å². The first-order chi connectivity index (χ1) is 10.9. The Balaban J connectivity index is 2.39. The van der Waals surface area contributed by atoms with Crippen molar-refractivity contribution in [1.29, 1.82) is 0 Å². The first-order valence-corrected chi connectivity index (χ1v) is 7.71. The standard InChI is InChI=1S/C17H24N2O4/c1-12(2)8-9-15(20)19-11-16(21)18-10-14(17(22)23)13-6-4-3-5-7-13/h3-7,12,14H,8-11H2,1-2H3,(H,18,21)(H,19,20)(H,22,23). The summed E-state index contributed by atoms with van der Waals surface area (Å²) in [6, 6.07) is 8.72. The van der Waals surface area contributed by atoms with Gasteiger partial charge in [0.2, 0.25) is 11.8 Å². The molecule has 0 bridgehead atoms. The second-order valence-electron chi connectivity index (χ2n) is 5.81. The van der Waals surface area contributed by atoms with Gasteiger partial charge in [-0.2, -0.15) is 0 Å². The van der Waals surface area contributed by atoms with Gasteiger partial charge in [0.15, 0.2) is 0 Å². The summed E-state index contributed by atoms with van der Waals surface area (Å²) >= 11 is 0. The highest BCUT2D eigenvalue weighted by Crippen LogP contribution is 2.14. The molecule has 6 nitrogen and oxygen atoms in total. The fourth-order valence-electron chi connectivity index (χ4n) is 2.00. The number of rotatable bonds is 9. The molecule has 126 valence electrons. The van der Waals surface area contributed by atoms with Crippen LogP contribution in [0.5, 0.6) is 0 Å². The predicted molar refractivity (Wildman–Crippen MR) is 86.9 cm³/mol. The van der Waals surface area contributed by atoms with Crippen LogP contribution in [0.4, 0.5) is 0 Å². The molecule has 0 aliphatic carbocycles. The molecule has 1 aromatic carbocycles. The van der Waals surface area contributed by atoms with E-state index in [9.17, 15) is 19.5 Å². The summed E-state index contributed by atoms with van der Waals surface area (Å²) in [6.07, 6.45) is 1.15. The van der Waals surface area contributed by atoms with Crippen LogP contribution in [-0.4, -0.2) is 36.0 Å². The first-order valence-electron chi connectivity index (χ1n) is 7.71. The van der Waals surface area contributed by atoms with Gasteiger partial charge in [-0.15, -0.1) is 0 Å². The normalized spacial score (nSPS) is 11.8. The van der Waals surface area contributed by atoms with E-state index in [0.717, 1.165) is 6.42 Å². The van der Waals surface area contributed by atoms with Crippen LogP contribution >= 0.6 is 0 Å². The van der Waals surface area contributed by atoms with Crippen LogP contribution in [0.1, 0.15) is 38.2 Å². The number of amides is 2. The topological polar surface area (TPSA) is 95.5 Å². The van der Waals surface area contributed by atoms with Crippen LogP contribution in [0.3, 0.4) is 0 Å². The van der Waals surface area contributed by atoms with E-state index in [-0.39, 0.29) is 19.0 Å². The van der Waals surface area contributed by atoms with E-state index in [4.69, 9.17) is 0 Å². The molecule has 1 unspecified atom stereocenters. The van der Waals surface area contributed by atoms with Gasteiger partial charge >= 0.3 is 5.97 Å². The number of carbonyl (C=O) groups excluding carboxylic acids is 2. The highest BCUT2D eigenvalue weighted by atomic mass is 16.4. The number of nitrogens with one attached hydrogen (secondary N) is 2. The maximum Gasteiger partial charge on any atom is 0.312 e. The van der Waals surface area contributed by atoms with Gasteiger partial charge in [0, 0.05) is 13.0 Å². The monoisotopic (exact) mass is 320 g/mol. The first kappa shape index (κ1) is 18.7. The summed E-state index contributed by atoms with van der Waals surface area (Å²) in [6.45, 7) is 3.89. The fourth-order valence-corrected chi connectivity index (χ4v) is 2.00. The molecule has 3 N–H and O–H groups in total. The summed E-state index contributed by atoms with van der Waals surface area (Å²) in [5.74, 6) is -1.96. The fraction of sp³-hybridized carbons (Fsp3) is 0.471. The molecule has 1 atom stereocenters. The van der Waals surface area contributed by atoms with Crippen molar-refractivity contribution < 1.29 is 19.5 Å². The van der Waals surface area contributed by atoms with Crippen molar-refractivity contribution >= 4 is 17.8 Å². The molecule has 0 spiro atoms. The van der Waals surface area contributed by atoms with Gasteiger partial charge in [-0.25, -0.2) is 0 Å². The smallest absolute Gasteiger partial charge is 0.312 e. The Bertz CT molecular complexity index is 529. The lowest BCUT2D eigenvalue weighted by atomic mass is 9.99. The average molecular weight is 320 g/mol. The van der Waals surface area contributed by atoms with Gasteiger partial charge in [-0.05, 0) is 17.9 Å². The van der Waals surface area contributed by atoms with E-state index >= 15 is 0 Å². The summed E-state index contributed by atoms with van der Waals surface area (Å²) in [7, 11) is 0. The zero-order chi connectivity index (χ0) is 17.2. The molecular formula is C17H24N2O4. The van der Waals surface area contributed by atoms with Crippen LogP contribution in [-0.2, 0) is 14.4 Å². The van der Waals surface area contributed by atoms with Crippen LogP contribution in [0.2, 0.25) is 0 Å². The molecule has 0 heterocycles. The van der Waals surface area contributed by atoms with Crippen molar-refractivity contribution in [2.24, 2.45) is 5.92 Å². The number of hydrogen-bond donors (Lipinski definition) is 3. The zero-order valence-electron chi connectivity index (χ0n) is 13.5. The average Bonchev–Trinajstić information content (AvgIpc) is 2.51. The molecule has 1 aromatic rings. The van der Waals surface area contributed by atoms with Crippen LogP contribution in [0.25, 0.3) is 0 Å². The molecule has 23 heavy (non-hydrogen) atoms. The van der Waals surface area contributed by atoms with E-state index in [1.54, 1.807) is 30.3 Å². The molecule has 0 aliphatic heterocycles. The molecule has 6 heteroatoms. The minimum absolute atomic E-state index is 0.0138. The molecule has 0 saturated heterocycles. The summed E-state index contributed by atoms with van der Waals surface area (Å²) in [5.41, 5.74) is 0.626. The lowest BCUT2D eigenvalue weighted by molar-refractivity contribution is -0.138. The number of aliphatic carboxylic acids is 1. The van der Waals surface area contributed by atoms with Crippen molar-refractivity contribution in [3.05, 3.63) is 35.9 Å². The van der Waals surface area contributed by atoms with Crippen LogP contribution in [0, 0.1) is 5.92 Å². The van der Waals surface area contributed by atoms with E-state index in [2.05, 4.69) is 10.6 Å². The van der Waals surface area contributed by atoms with Crippen molar-refractivity contribution in [2.45, 2.75) is 32.6 Å². The molecular weight excluding hydrogens is 296 g/mol. The third-order valence-electron chi connectivity index (χ3n) is 3.40. The van der Waals surface area contributed by atoms with Crippen molar-refractivity contribution in [3.63, 3.8) is 0 Å². The lowest BCUT2D eigenvalue weighted by Gasteiger charge is -2.14. The zero-order valence-corrected chi connectivity index (χ0v) is 13.5. The Hall–Kier alpha value is -2.37. The highest BCUT2D eigenvalue weighted by molar-refractivity contribution is 5.85. The maximum atomic E-state index is 11.7. The van der Waals surface area contributed by atoms with Crippen molar-refractivity contribution in [3.8, 4) is 0 Å². The molecule has 1 rings (SSSR count). The SMILES string of the molecule is CC(C)CCC(=O)NCC(=O)NCC(C(=O)O)c1ccccc1. The number of carboxylic acids is 1. The predicted octanol–water partition coefficient (Wildman–Crippen LogP) is 1.52. The molecule has 0 fully saturated rings. The Morgan fingerprint density at radius 3 is 2.26 bits per heavy atom. The molecule has 0 radical (unpaired) electrons. The van der Waals surface area contributed by atoms with Gasteiger partial charge < -0.3 is 15.7 Å². The van der Waals surface area contributed by atoms with Gasteiger partial charge in [0.1, 0.15) is 0 Å². The Morgan fingerprint density at radius 1 is 1.04 bits per heavy atom. The van der Waals surface area contributed by atoms with Gasteiger partial charge in [0.25, 0.3) is 0 Å². The Morgan fingerprint density at radius 2 is 1.70 bits per heavy atom. The summed E-state index contributed by atoms with van der Waals surface area (Å²) in [5, 5.41) is 14.3. The number of carboxylic acid groups (broad SMARTS) is 1. The number of hydrogen-bond acceptors (Lipinski definition) is 3. The van der Waals surface area contributed by atoms with E-state index in [0.29, 0.717) is 17.9 Å². The minimum Gasteiger partial charge on any atom is -0.481 e. The summed E-state index contributed by atoms with van der Waals surface area (Å²) in [4.78, 5) is 34.6. The van der Waals surface area contributed by atoms with E-state index in [1.165, 1.54) is 0 Å². The maximum absolute atomic E-state index is 11.7. The second-order valence-corrected chi connectivity index (χ2v) is 5.81. The highest BCUT2D eigenvalue weighted by Gasteiger charge is 2.20. The molecule has 0 aromatic heterocycles. The Labute approximate surface area is 136 Å². The molecule has 0 saturated carbocycles. The van der Waals surface area contributed by atoms with Gasteiger partial charge in [-0.3, -0.25) is 14.4 Å². The van der Waals surface area contributed by atoms with Crippen molar-refractivity contribution in [2.75, 3.05) is 13.1 Å². The van der Waals surface area contributed by atoms with Gasteiger partial charge in [-0.1, -0.05) is 44.2 Å². The minimum atomic E-state index is -1.00.